The Morgan fingerprint density at radius 3 is 2.47 bits per heavy atom. The van der Waals surface area contributed by atoms with Crippen molar-refractivity contribution in [2.24, 2.45) is 0 Å². The Balaban J connectivity index is 1.64. The Hall–Kier alpha value is -3.93. The van der Waals surface area contributed by atoms with E-state index in [2.05, 4.69) is 9.97 Å². The fourth-order valence-electron chi connectivity index (χ4n) is 3.88. The number of rotatable bonds is 6. The lowest BCUT2D eigenvalue weighted by Gasteiger charge is -2.13. The van der Waals surface area contributed by atoms with E-state index in [1.165, 1.54) is 6.07 Å². The molecule has 0 spiro atoms. The Morgan fingerprint density at radius 2 is 1.72 bits per heavy atom. The molecule has 0 aliphatic carbocycles. The maximum absolute atomic E-state index is 14.4. The first-order valence-electron chi connectivity index (χ1n) is 10.6. The van der Waals surface area contributed by atoms with Gasteiger partial charge >= 0.3 is 0 Å². The fraction of sp³-hybridized carbons (Fsp3) is 0.154. The van der Waals surface area contributed by atoms with Crippen molar-refractivity contribution in [2.45, 2.75) is 26.2 Å². The first-order valence-corrected chi connectivity index (χ1v) is 10.6. The summed E-state index contributed by atoms with van der Waals surface area (Å²) in [7, 11) is 0. The van der Waals surface area contributed by atoms with Crippen LogP contribution in [0.3, 0.4) is 0 Å². The lowest BCUT2D eigenvalue weighted by Crippen LogP contribution is -2.18. The molecule has 0 amide bonds. The Morgan fingerprint density at radius 1 is 0.969 bits per heavy atom. The van der Waals surface area contributed by atoms with Crippen LogP contribution in [-0.4, -0.2) is 14.5 Å². The standard InChI is InChI=1S/C26H22FN3O2/c1-2-19-12-13-20(32-19)15-23-26(31)30-16-24(17-8-4-3-5-9-17)28-22(25(30)29-23)14-18-10-6-7-11-21(18)27/h3-13,16,28H,2,14-15H2,1H3. The van der Waals surface area contributed by atoms with Gasteiger partial charge in [0, 0.05) is 19.0 Å². The summed E-state index contributed by atoms with van der Waals surface area (Å²) >= 11 is 0. The number of hydrogen-bond donors (Lipinski definition) is 1. The summed E-state index contributed by atoms with van der Waals surface area (Å²) in [6.45, 7) is 2.02. The van der Waals surface area contributed by atoms with Gasteiger partial charge in [-0.3, -0.25) is 9.36 Å². The molecule has 3 heterocycles. The summed E-state index contributed by atoms with van der Waals surface area (Å²) in [6, 6.07) is 20.2. The highest BCUT2D eigenvalue weighted by atomic mass is 19.1. The van der Waals surface area contributed by atoms with Crippen LogP contribution in [0.1, 0.15) is 35.4 Å². The van der Waals surface area contributed by atoms with Gasteiger partial charge in [0.1, 0.15) is 23.0 Å². The second kappa shape index (κ2) is 8.30. The summed E-state index contributed by atoms with van der Waals surface area (Å²) in [5, 5.41) is 0. The predicted octanol–water partition coefficient (Wildman–Crippen LogP) is 5.14. The molecular weight excluding hydrogens is 405 g/mol. The number of hydrogen-bond acceptors (Lipinski definition) is 3. The van der Waals surface area contributed by atoms with E-state index in [1.807, 2.05) is 49.4 Å². The third kappa shape index (κ3) is 3.75. The van der Waals surface area contributed by atoms with Crippen molar-refractivity contribution in [1.82, 2.24) is 14.5 Å². The average Bonchev–Trinajstić information content (AvgIpc) is 3.41. The number of H-pyrrole nitrogens is 1. The SMILES string of the molecule is CCc1ccc(Cc2nc3c(Cc4ccccc4F)[nH]c(-c4ccccc4)cn-3c2=O)o1. The van der Waals surface area contributed by atoms with E-state index in [4.69, 9.17) is 4.42 Å². The highest BCUT2D eigenvalue weighted by Crippen LogP contribution is 2.24. The fourth-order valence-corrected chi connectivity index (χ4v) is 3.88. The molecule has 0 unspecified atom stereocenters. The molecule has 0 fully saturated rings. The van der Waals surface area contributed by atoms with Crippen molar-refractivity contribution >= 4 is 0 Å². The maximum atomic E-state index is 14.4. The summed E-state index contributed by atoms with van der Waals surface area (Å²) in [6.07, 6.45) is 3.14. The third-order valence-corrected chi connectivity index (χ3v) is 5.57. The minimum absolute atomic E-state index is 0.199. The average molecular weight is 427 g/mol. The molecule has 3 aromatic rings. The van der Waals surface area contributed by atoms with Crippen LogP contribution in [-0.2, 0) is 19.3 Å². The first kappa shape index (κ1) is 20.0. The quantitative estimate of drug-likeness (QED) is 0.408. The van der Waals surface area contributed by atoms with Gasteiger partial charge in [-0.25, -0.2) is 9.37 Å². The second-order valence-corrected chi connectivity index (χ2v) is 7.74. The summed E-state index contributed by atoms with van der Waals surface area (Å²) in [4.78, 5) is 21.3. The van der Waals surface area contributed by atoms with Gasteiger partial charge in [0.25, 0.3) is 5.56 Å². The second-order valence-electron chi connectivity index (χ2n) is 7.74. The van der Waals surface area contributed by atoms with Crippen LogP contribution < -0.4 is 5.56 Å². The number of aryl methyl sites for hydroxylation is 1. The zero-order valence-corrected chi connectivity index (χ0v) is 17.6. The summed E-state index contributed by atoms with van der Waals surface area (Å²) < 4.78 is 21.7. The van der Waals surface area contributed by atoms with Gasteiger partial charge in [0.15, 0.2) is 5.82 Å². The van der Waals surface area contributed by atoms with Crippen LogP contribution in [0.15, 0.2) is 82.1 Å². The summed E-state index contributed by atoms with van der Waals surface area (Å²) in [5.41, 5.74) is 3.10. The number of nitrogens with one attached hydrogen (secondary N) is 1. The highest BCUT2D eigenvalue weighted by molar-refractivity contribution is 5.60. The molecule has 0 bridgehead atoms. The van der Waals surface area contributed by atoms with E-state index in [0.717, 1.165) is 23.4 Å². The van der Waals surface area contributed by atoms with Crippen LogP contribution in [0, 0.1) is 5.82 Å². The lowest BCUT2D eigenvalue weighted by molar-refractivity contribution is 0.477. The van der Waals surface area contributed by atoms with E-state index >= 15 is 0 Å². The molecule has 32 heavy (non-hydrogen) atoms. The van der Waals surface area contributed by atoms with Crippen LogP contribution in [0.25, 0.3) is 17.1 Å². The van der Waals surface area contributed by atoms with E-state index in [0.29, 0.717) is 35.0 Å². The van der Waals surface area contributed by atoms with Gasteiger partial charge in [-0.15, -0.1) is 0 Å². The van der Waals surface area contributed by atoms with E-state index in [-0.39, 0.29) is 17.8 Å². The Kier molecular flexibility index (Phi) is 5.19. The number of fused-ring (bicyclic) bond motifs is 1. The Bertz CT molecular complexity index is 1400. The van der Waals surface area contributed by atoms with Gasteiger partial charge in [0.2, 0.25) is 0 Å². The number of nitrogens with zero attached hydrogens (tertiary/aromatic N) is 2. The maximum Gasteiger partial charge on any atom is 0.278 e. The molecule has 6 heteroatoms. The molecule has 2 aliphatic heterocycles. The number of aromatic nitrogens is 3. The minimum atomic E-state index is -0.291. The zero-order chi connectivity index (χ0) is 22.1. The zero-order valence-electron chi connectivity index (χ0n) is 17.6. The van der Waals surface area contributed by atoms with Crippen molar-refractivity contribution in [1.29, 1.82) is 0 Å². The molecule has 0 saturated carbocycles. The summed E-state index contributed by atoms with van der Waals surface area (Å²) in [5.74, 6) is 1.78. The number of benzene rings is 2. The minimum Gasteiger partial charge on any atom is -0.466 e. The molecule has 0 radical (unpaired) electrons. The van der Waals surface area contributed by atoms with Crippen LogP contribution in [0.4, 0.5) is 4.39 Å². The Labute approximate surface area is 184 Å². The molecule has 1 N–H and O–H groups in total. The molecule has 160 valence electrons. The first-order chi connectivity index (χ1) is 15.6. The number of imidazole rings is 1. The largest absolute Gasteiger partial charge is 0.466 e. The smallest absolute Gasteiger partial charge is 0.278 e. The normalized spacial score (nSPS) is 11.3. The lowest BCUT2D eigenvalue weighted by atomic mass is 10.1. The molecular formula is C26H22FN3O2. The van der Waals surface area contributed by atoms with Gasteiger partial charge in [-0.05, 0) is 29.3 Å². The molecule has 2 aromatic carbocycles. The van der Waals surface area contributed by atoms with Crippen LogP contribution in [0.5, 0.6) is 0 Å². The van der Waals surface area contributed by atoms with Crippen molar-refractivity contribution in [3.05, 3.63) is 118 Å². The monoisotopic (exact) mass is 427 g/mol. The number of furan rings is 1. The molecule has 5 rings (SSSR count). The van der Waals surface area contributed by atoms with E-state index in [1.54, 1.807) is 29.0 Å². The van der Waals surface area contributed by atoms with E-state index in [9.17, 15) is 9.18 Å². The molecule has 0 saturated heterocycles. The van der Waals surface area contributed by atoms with Crippen LogP contribution >= 0.6 is 0 Å². The van der Waals surface area contributed by atoms with Crippen molar-refractivity contribution < 1.29 is 8.81 Å². The molecule has 0 atom stereocenters. The number of halogens is 1. The third-order valence-electron chi connectivity index (χ3n) is 5.57. The predicted molar refractivity (Wildman–Crippen MR) is 121 cm³/mol. The van der Waals surface area contributed by atoms with E-state index < -0.39 is 0 Å². The van der Waals surface area contributed by atoms with Gasteiger partial charge in [-0.2, -0.15) is 0 Å². The van der Waals surface area contributed by atoms with Crippen molar-refractivity contribution in [3.8, 4) is 17.1 Å². The van der Waals surface area contributed by atoms with Gasteiger partial charge in [0.05, 0.1) is 17.8 Å². The molecule has 2 aliphatic rings. The van der Waals surface area contributed by atoms with Gasteiger partial charge < -0.3 is 9.40 Å². The van der Waals surface area contributed by atoms with Gasteiger partial charge in [-0.1, -0.05) is 55.5 Å². The molecule has 1 aromatic heterocycles. The molecule has 5 nitrogen and oxygen atoms in total. The van der Waals surface area contributed by atoms with Crippen molar-refractivity contribution in [2.75, 3.05) is 0 Å². The highest BCUT2D eigenvalue weighted by Gasteiger charge is 2.21. The number of aromatic amines is 1. The topological polar surface area (TPSA) is 63.8 Å². The van der Waals surface area contributed by atoms with Crippen molar-refractivity contribution in [3.63, 3.8) is 0 Å². The van der Waals surface area contributed by atoms with Crippen LogP contribution in [0.2, 0.25) is 0 Å².